The van der Waals surface area contributed by atoms with Crippen molar-refractivity contribution in [2.45, 2.75) is 26.6 Å². The van der Waals surface area contributed by atoms with Gasteiger partial charge >= 0.3 is 0 Å². The molecule has 0 fully saturated rings. The van der Waals surface area contributed by atoms with Crippen LogP contribution in [0.4, 0.5) is 0 Å². The molecular formula is C13H19NO2. The van der Waals surface area contributed by atoms with Crippen molar-refractivity contribution in [1.29, 1.82) is 5.41 Å². The van der Waals surface area contributed by atoms with Crippen LogP contribution in [0.5, 0.6) is 0 Å². The van der Waals surface area contributed by atoms with E-state index in [-0.39, 0.29) is 6.29 Å². The SMILES string of the molecule is CCOC(OCC)c1ccc(CC=N)cc1. The quantitative estimate of drug-likeness (QED) is 0.568. The smallest absolute Gasteiger partial charge is 0.183 e. The van der Waals surface area contributed by atoms with Gasteiger partial charge < -0.3 is 14.9 Å². The molecule has 88 valence electrons. The molecule has 0 radical (unpaired) electrons. The molecule has 0 aliphatic rings. The number of hydrogen-bond donors (Lipinski definition) is 1. The van der Waals surface area contributed by atoms with Crippen molar-refractivity contribution in [2.24, 2.45) is 0 Å². The van der Waals surface area contributed by atoms with Gasteiger partial charge in [0.2, 0.25) is 0 Å². The molecule has 0 amide bonds. The average molecular weight is 221 g/mol. The summed E-state index contributed by atoms with van der Waals surface area (Å²) in [6.45, 7) is 5.17. The highest BCUT2D eigenvalue weighted by atomic mass is 16.7. The van der Waals surface area contributed by atoms with E-state index >= 15 is 0 Å². The highest BCUT2D eigenvalue weighted by molar-refractivity contribution is 5.57. The van der Waals surface area contributed by atoms with Crippen LogP contribution in [-0.4, -0.2) is 19.4 Å². The first kappa shape index (κ1) is 12.9. The summed E-state index contributed by atoms with van der Waals surface area (Å²) in [7, 11) is 0. The van der Waals surface area contributed by atoms with Crippen molar-refractivity contribution in [3.63, 3.8) is 0 Å². The molecule has 3 nitrogen and oxygen atoms in total. The molecule has 1 N–H and O–H groups in total. The topological polar surface area (TPSA) is 42.3 Å². The van der Waals surface area contributed by atoms with Gasteiger partial charge in [-0.15, -0.1) is 0 Å². The third-order valence-electron chi connectivity index (χ3n) is 2.23. The molecule has 0 bridgehead atoms. The minimum Gasteiger partial charge on any atom is -0.349 e. The van der Waals surface area contributed by atoms with Gasteiger partial charge in [-0.05, 0) is 25.6 Å². The van der Waals surface area contributed by atoms with Crippen LogP contribution in [0.3, 0.4) is 0 Å². The molecule has 0 unspecified atom stereocenters. The summed E-state index contributed by atoms with van der Waals surface area (Å²) >= 11 is 0. The van der Waals surface area contributed by atoms with Gasteiger partial charge in [0.15, 0.2) is 6.29 Å². The van der Waals surface area contributed by atoms with Gasteiger partial charge in [-0.1, -0.05) is 24.3 Å². The van der Waals surface area contributed by atoms with E-state index in [1.54, 1.807) is 0 Å². The zero-order chi connectivity index (χ0) is 11.8. The second kappa shape index (κ2) is 7.14. The van der Waals surface area contributed by atoms with E-state index < -0.39 is 0 Å². The van der Waals surface area contributed by atoms with E-state index in [2.05, 4.69) is 0 Å². The molecule has 0 saturated carbocycles. The average Bonchev–Trinajstić information content (AvgIpc) is 2.30. The summed E-state index contributed by atoms with van der Waals surface area (Å²) in [5, 5.41) is 7.04. The highest BCUT2D eigenvalue weighted by Gasteiger charge is 2.10. The number of ether oxygens (including phenoxy) is 2. The summed E-state index contributed by atoms with van der Waals surface area (Å²) in [6, 6.07) is 8.00. The van der Waals surface area contributed by atoms with E-state index in [0.717, 1.165) is 11.1 Å². The Balaban J connectivity index is 2.72. The number of nitrogens with one attached hydrogen (secondary N) is 1. The Bertz CT molecular complexity index is 302. The molecule has 0 aromatic heterocycles. The second-order valence-corrected chi connectivity index (χ2v) is 3.39. The van der Waals surface area contributed by atoms with Crippen LogP contribution in [0.1, 0.15) is 31.3 Å². The largest absolute Gasteiger partial charge is 0.349 e. The summed E-state index contributed by atoms with van der Waals surface area (Å²) in [4.78, 5) is 0. The van der Waals surface area contributed by atoms with Gasteiger partial charge in [-0.2, -0.15) is 0 Å². The van der Waals surface area contributed by atoms with Crippen LogP contribution in [0.15, 0.2) is 24.3 Å². The van der Waals surface area contributed by atoms with Crippen LogP contribution in [-0.2, 0) is 15.9 Å². The van der Waals surface area contributed by atoms with Gasteiger partial charge in [-0.3, -0.25) is 0 Å². The summed E-state index contributed by atoms with van der Waals surface area (Å²) in [5.41, 5.74) is 2.16. The zero-order valence-electron chi connectivity index (χ0n) is 9.90. The fourth-order valence-electron chi connectivity index (χ4n) is 1.47. The lowest BCUT2D eigenvalue weighted by Crippen LogP contribution is -2.08. The Labute approximate surface area is 96.9 Å². The summed E-state index contributed by atoms with van der Waals surface area (Å²) in [6.07, 6.45) is 1.80. The van der Waals surface area contributed by atoms with E-state index in [9.17, 15) is 0 Å². The van der Waals surface area contributed by atoms with Crippen LogP contribution < -0.4 is 0 Å². The lowest BCUT2D eigenvalue weighted by atomic mass is 10.1. The zero-order valence-corrected chi connectivity index (χ0v) is 9.90. The summed E-state index contributed by atoms with van der Waals surface area (Å²) < 4.78 is 11.0. The minimum atomic E-state index is -0.274. The number of benzene rings is 1. The maximum atomic E-state index is 7.04. The predicted octanol–water partition coefficient (Wildman–Crippen LogP) is 2.95. The first-order valence-electron chi connectivity index (χ1n) is 5.62. The second-order valence-electron chi connectivity index (χ2n) is 3.39. The fourth-order valence-corrected chi connectivity index (χ4v) is 1.47. The van der Waals surface area contributed by atoms with Crippen molar-refractivity contribution in [3.8, 4) is 0 Å². The Morgan fingerprint density at radius 3 is 2.12 bits per heavy atom. The molecule has 1 aromatic carbocycles. The molecule has 0 heterocycles. The van der Waals surface area contributed by atoms with Crippen LogP contribution in [0, 0.1) is 5.41 Å². The van der Waals surface area contributed by atoms with Gasteiger partial charge in [0.25, 0.3) is 0 Å². The maximum absolute atomic E-state index is 7.04. The van der Waals surface area contributed by atoms with E-state index in [0.29, 0.717) is 19.6 Å². The molecule has 1 aromatic rings. The van der Waals surface area contributed by atoms with Crippen LogP contribution in [0.25, 0.3) is 0 Å². The Kier molecular flexibility index (Phi) is 5.75. The predicted molar refractivity (Wildman–Crippen MR) is 64.9 cm³/mol. The minimum absolute atomic E-state index is 0.274. The third-order valence-corrected chi connectivity index (χ3v) is 2.23. The van der Waals surface area contributed by atoms with E-state index in [4.69, 9.17) is 14.9 Å². The lowest BCUT2D eigenvalue weighted by Gasteiger charge is -2.17. The van der Waals surface area contributed by atoms with Crippen molar-refractivity contribution < 1.29 is 9.47 Å². The number of rotatable bonds is 7. The molecule has 16 heavy (non-hydrogen) atoms. The Morgan fingerprint density at radius 2 is 1.69 bits per heavy atom. The maximum Gasteiger partial charge on any atom is 0.183 e. The molecule has 1 rings (SSSR count). The van der Waals surface area contributed by atoms with E-state index in [1.807, 2.05) is 38.1 Å². The van der Waals surface area contributed by atoms with Gasteiger partial charge in [-0.25, -0.2) is 0 Å². The molecule has 3 heteroatoms. The van der Waals surface area contributed by atoms with Crippen molar-refractivity contribution in [3.05, 3.63) is 35.4 Å². The molecule has 0 atom stereocenters. The molecule has 0 aliphatic heterocycles. The lowest BCUT2D eigenvalue weighted by molar-refractivity contribution is -0.140. The molecule has 0 spiro atoms. The van der Waals surface area contributed by atoms with Crippen molar-refractivity contribution in [2.75, 3.05) is 13.2 Å². The van der Waals surface area contributed by atoms with Gasteiger partial charge in [0.1, 0.15) is 0 Å². The first-order chi connectivity index (χ1) is 7.81. The fraction of sp³-hybridized carbons (Fsp3) is 0.462. The van der Waals surface area contributed by atoms with Crippen molar-refractivity contribution in [1.82, 2.24) is 0 Å². The molecule has 0 aliphatic carbocycles. The molecular weight excluding hydrogens is 202 g/mol. The standard InChI is InChI=1S/C13H19NO2/c1-3-15-13(16-4-2)12-7-5-11(6-8-12)9-10-14/h5-8,10,13-14H,3-4,9H2,1-2H3. The third kappa shape index (κ3) is 3.76. The van der Waals surface area contributed by atoms with Gasteiger partial charge in [0.05, 0.1) is 0 Å². The first-order valence-corrected chi connectivity index (χ1v) is 5.62. The highest BCUT2D eigenvalue weighted by Crippen LogP contribution is 2.19. The van der Waals surface area contributed by atoms with Gasteiger partial charge in [0, 0.05) is 25.2 Å². The Hall–Kier alpha value is -1.19. The van der Waals surface area contributed by atoms with Crippen LogP contribution >= 0.6 is 0 Å². The van der Waals surface area contributed by atoms with E-state index in [1.165, 1.54) is 6.21 Å². The molecule has 0 saturated heterocycles. The number of hydrogen-bond acceptors (Lipinski definition) is 3. The monoisotopic (exact) mass is 221 g/mol. The normalized spacial score (nSPS) is 10.7. The Morgan fingerprint density at radius 1 is 1.12 bits per heavy atom. The van der Waals surface area contributed by atoms with Crippen molar-refractivity contribution >= 4 is 6.21 Å². The van der Waals surface area contributed by atoms with Crippen LogP contribution in [0.2, 0.25) is 0 Å². The summed E-state index contributed by atoms with van der Waals surface area (Å²) in [5.74, 6) is 0.